The Morgan fingerprint density at radius 2 is 0.865 bits per heavy atom. The molecule has 2 rings (SSSR count). The number of carbonyl (C=O) groups is 2. The van der Waals surface area contributed by atoms with Crippen molar-refractivity contribution in [2.24, 2.45) is 0 Å². The minimum atomic E-state index is -3.65. The Labute approximate surface area is 230 Å². The van der Waals surface area contributed by atoms with Crippen molar-refractivity contribution in [1.29, 1.82) is 0 Å². The van der Waals surface area contributed by atoms with Gasteiger partial charge < -0.3 is 12.3 Å². The lowest BCUT2D eigenvalue weighted by Gasteiger charge is -2.52. The van der Waals surface area contributed by atoms with Gasteiger partial charge in [-0.3, -0.25) is 14.5 Å². The number of hydrogen-bond acceptors (Lipinski definition) is 5. The van der Waals surface area contributed by atoms with Gasteiger partial charge in [-0.15, -0.1) is 0 Å². The zero-order chi connectivity index (χ0) is 29.0. The Hall–Kier alpha value is -0.892. The average Bonchev–Trinajstić information content (AvgIpc) is 2.89. The van der Waals surface area contributed by atoms with E-state index in [0.717, 1.165) is 0 Å². The van der Waals surface area contributed by atoms with Crippen molar-refractivity contribution in [3.63, 3.8) is 0 Å². The third-order valence-electron chi connectivity index (χ3n) is 8.88. The summed E-state index contributed by atoms with van der Waals surface area (Å²) >= 11 is 0. The summed E-state index contributed by atoms with van der Waals surface area (Å²) < 4.78 is 21.8. The van der Waals surface area contributed by atoms with Crippen molar-refractivity contribution in [2.75, 3.05) is 6.17 Å². The van der Waals surface area contributed by atoms with Crippen LogP contribution in [-0.2, 0) is 12.3 Å². The Kier molecular flexibility index (Phi) is 8.68. The van der Waals surface area contributed by atoms with Crippen molar-refractivity contribution in [2.45, 2.75) is 117 Å². The van der Waals surface area contributed by atoms with E-state index in [1.807, 2.05) is 0 Å². The minimum absolute atomic E-state index is 0.0326. The van der Waals surface area contributed by atoms with Gasteiger partial charge in [-0.25, -0.2) is 0 Å². The second-order valence-electron chi connectivity index (χ2n) is 15.0. The standard InChI is InChI=1S/C27H51NO5Si4/c1-25(2,3)34(10,11)31-37(32-35(12,13)26(4,5)6,33-36(14,15)27(7,8)9)20-28-23(29)21-18-16-17-19-22(21)24(28)30/h16-19H,20H2,1-15H3. The van der Waals surface area contributed by atoms with Crippen LogP contribution in [0.15, 0.2) is 24.3 Å². The van der Waals surface area contributed by atoms with Crippen LogP contribution in [-0.4, -0.2) is 56.6 Å². The van der Waals surface area contributed by atoms with E-state index < -0.39 is 33.8 Å². The van der Waals surface area contributed by atoms with Gasteiger partial charge in [-0.2, -0.15) is 0 Å². The fourth-order valence-corrected chi connectivity index (χ4v) is 19.4. The van der Waals surface area contributed by atoms with E-state index in [1.54, 1.807) is 24.3 Å². The van der Waals surface area contributed by atoms with Gasteiger partial charge in [0, 0.05) is 0 Å². The Morgan fingerprint density at radius 3 is 1.11 bits per heavy atom. The molecule has 1 aliphatic heterocycles. The number of benzene rings is 1. The van der Waals surface area contributed by atoms with E-state index in [4.69, 9.17) is 12.3 Å². The van der Waals surface area contributed by atoms with Crippen LogP contribution in [0.1, 0.15) is 83.0 Å². The van der Waals surface area contributed by atoms with Gasteiger partial charge in [0.25, 0.3) is 11.8 Å². The highest BCUT2D eigenvalue weighted by molar-refractivity contribution is 6.92. The second kappa shape index (κ2) is 9.94. The molecule has 1 aromatic rings. The van der Waals surface area contributed by atoms with Crippen molar-refractivity contribution in [3.8, 4) is 0 Å². The first-order valence-electron chi connectivity index (χ1n) is 13.3. The summed E-state index contributed by atoms with van der Waals surface area (Å²) in [6.45, 7) is 32.9. The SMILES string of the molecule is CC(C)(C)[Si](C)(C)O[Si](CN1C(=O)c2ccccc2C1=O)(O[Si](C)(C)C(C)(C)C)O[Si](C)(C)C(C)(C)C. The van der Waals surface area contributed by atoms with E-state index in [1.165, 1.54) is 4.90 Å². The first kappa shape index (κ1) is 32.3. The molecular weight excluding hydrogens is 531 g/mol. The lowest BCUT2D eigenvalue weighted by atomic mass is 10.1. The highest BCUT2D eigenvalue weighted by Gasteiger charge is 2.60. The van der Waals surface area contributed by atoms with Gasteiger partial charge >= 0.3 is 8.80 Å². The lowest BCUT2D eigenvalue weighted by molar-refractivity contribution is 0.0645. The molecule has 0 saturated carbocycles. The molecule has 0 unspecified atom stereocenters. The molecule has 0 aromatic heterocycles. The first-order valence-corrected chi connectivity index (χ1v) is 24.0. The molecule has 0 saturated heterocycles. The fourth-order valence-electron chi connectivity index (χ4n) is 3.36. The topological polar surface area (TPSA) is 65.1 Å². The van der Waals surface area contributed by atoms with Gasteiger partial charge in [0.15, 0.2) is 25.0 Å². The highest BCUT2D eigenvalue weighted by atomic mass is 28.5. The molecule has 37 heavy (non-hydrogen) atoms. The third-order valence-corrected chi connectivity index (χ3v) is 30.3. The van der Waals surface area contributed by atoms with Crippen LogP contribution >= 0.6 is 0 Å². The Morgan fingerprint density at radius 1 is 0.595 bits per heavy atom. The van der Waals surface area contributed by atoms with E-state index in [9.17, 15) is 9.59 Å². The number of carbonyl (C=O) groups excluding carboxylic acids is 2. The molecule has 0 fully saturated rings. The number of nitrogens with zero attached hydrogens (tertiary/aromatic N) is 1. The van der Waals surface area contributed by atoms with E-state index >= 15 is 0 Å². The summed E-state index contributed by atoms with van der Waals surface area (Å²) in [6, 6.07) is 7.03. The smallest absolute Gasteiger partial charge is 0.415 e. The highest BCUT2D eigenvalue weighted by Crippen LogP contribution is 2.46. The Bertz CT molecular complexity index is 928. The molecule has 0 bridgehead atoms. The molecule has 210 valence electrons. The summed E-state index contributed by atoms with van der Waals surface area (Å²) in [4.78, 5) is 28.5. The minimum Gasteiger partial charge on any atom is -0.415 e. The second-order valence-corrected chi connectivity index (χ2v) is 32.7. The van der Waals surface area contributed by atoms with Gasteiger partial charge in [-0.1, -0.05) is 74.4 Å². The molecule has 10 heteroatoms. The van der Waals surface area contributed by atoms with Crippen LogP contribution in [0.5, 0.6) is 0 Å². The molecule has 1 aliphatic rings. The van der Waals surface area contributed by atoms with Crippen molar-refractivity contribution in [1.82, 2.24) is 4.90 Å². The molecule has 0 radical (unpaired) electrons. The summed E-state index contributed by atoms with van der Waals surface area (Å²) in [5.74, 6) is -0.595. The Balaban J connectivity index is 2.77. The maximum atomic E-state index is 13.6. The normalized spacial score (nSPS) is 16.5. The molecule has 0 aliphatic carbocycles. The summed E-state index contributed by atoms with van der Waals surface area (Å²) in [7, 11) is -11.0. The number of amides is 2. The predicted molar refractivity (Wildman–Crippen MR) is 162 cm³/mol. The third kappa shape index (κ3) is 6.64. The first-order chi connectivity index (χ1) is 16.3. The number of rotatable bonds is 8. The monoisotopic (exact) mass is 581 g/mol. The van der Waals surface area contributed by atoms with Crippen LogP contribution < -0.4 is 0 Å². The van der Waals surface area contributed by atoms with Crippen LogP contribution in [0.4, 0.5) is 0 Å². The molecule has 0 N–H and O–H groups in total. The zero-order valence-electron chi connectivity index (χ0n) is 26.0. The van der Waals surface area contributed by atoms with E-state index in [2.05, 4.69) is 102 Å². The number of imide groups is 1. The predicted octanol–water partition coefficient (Wildman–Crippen LogP) is 7.83. The van der Waals surface area contributed by atoms with Gasteiger partial charge in [-0.05, 0) is 66.5 Å². The van der Waals surface area contributed by atoms with Crippen LogP contribution in [0.25, 0.3) is 0 Å². The summed E-state index contributed by atoms with van der Waals surface area (Å²) in [6.07, 6.45) is 0.0326. The summed E-state index contributed by atoms with van der Waals surface area (Å²) in [5.41, 5.74) is 0.866. The number of fused-ring (bicyclic) bond motifs is 1. The molecular formula is C27H51NO5Si4. The molecule has 1 heterocycles. The molecule has 6 nitrogen and oxygen atoms in total. The largest absolute Gasteiger partial charge is 0.490 e. The fraction of sp³-hybridized carbons (Fsp3) is 0.704. The van der Waals surface area contributed by atoms with E-state index in [0.29, 0.717) is 11.1 Å². The van der Waals surface area contributed by atoms with Crippen molar-refractivity contribution < 1.29 is 21.9 Å². The van der Waals surface area contributed by atoms with Crippen LogP contribution in [0.3, 0.4) is 0 Å². The van der Waals surface area contributed by atoms with Gasteiger partial charge in [0.05, 0.1) is 17.3 Å². The lowest BCUT2D eigenvalue weighted by Crippen LogP contribution is -2.70. The van der Waals surface area contributed by atoms with Gasteiger partial charge in [0.2, 0.25) is 0 Å². The molecule has 0 spiro atoms. The zero-order valence-corrected chi connectivity index (χ0v) is 30.0. The molecule has 0 atom stereocenters. The summed E-state index contributed by atoms with van der Waals surface area (Å²) in [5, 5.41) is -0.331. The number of hydrogen-bond donors (Lipinski definition) is 0. The maximum Gasteiger partial charge on any atom is 0.490 e. The molecule has 1 aromatic carbocycles. The average molecular weight is 582 g/mol. The van der Waals surface area contributed by atoms with Gasteiger partial charge in [0.1, 0.15) is 0 Å². The van der Waals surface area contributed by atoms with Crippen LogP contribution in [0, 0.1) is 0 Å². The van der Waals surface area contributed by atoms with E-state index in [-0.39, 0.29) is 33.1 Å². The quantitative estimate of drug-likeness (QED) is 0.231. The van der Waals surface area contributed by atoms with Crippen LogP contribution in [0.2, 0.25) is 54.4 Å². The molecule has 2 amide bonds. The maximum absolute atomic E-state index is 13.6. The van der Waals surface area contributed by atoms with Crippen molar-refractivity contribution in [3.05, 3.63) is 35.4 Å². The van der Waals surface area contributed by atoms with Crippen molar-refractivity contribution >= 4 is 45.6 Å².